The van der Waals surface area contributed by atoms with E-state index >= 15 is 0 Å². The number of rotatable bonds is 2. The molecule has 0 radical (unpaired) electrons. The lowest BCUT2D eigenvalue weighted by Gasteiger charge is -2.13. The molecule has 76 valence electrons. The minimum atomic E-state index is -3.73. The van der Waals surface area contributed by atoms with Crippen LogP contribution in [0.15, 0.2) is 0 Å². The van der Waals surface area contributed by atoms with Gasteiger partial charge in [0.05, 0.1) is 13.8 Å². The SMILES string of the molecule is COC(=O)NS(=O)(=O)N1CCNC1. The third kappa shape index (κ3) is 2.54. The standard InChI is InChI=1S/C5H11N3O4S/c1-12-5(9)7-13(10,11)8-3-2-6-4-8/h6H,2-4H2,1H3,(H,7,9). The Hall–Kier alpha value is -0.860. The lowest BCUT2D eigenvalue weighted by molar-refractivity contribution is 0.177. The van der Waals surface area contributed by atoms with Gasteiger partial charge in [0.15, 0.2) is 0 Å². The van der Waals surface area contributed by atoms with Crippen molar-refractivity contribution in [2.45, 2.75) is 0 Å². The summed E-state index contributed by atoms with van der Waals surface area (Å²) in [5, 5.41) is 2.82. The summed E-state index contributed by atoms with van der Waals surface area (Å²) in [6, 6.07) is 0. The highest BCUT2D eigenvalue weighted by atomic mass is 32.2. The lowest BCUT2D eigenvalue weighted by atomic mass is 10.7. The summed E-state index contributed by atoms with van der Waals surface area (Å²) in [6.45, 7) is 1.15. The fraction of sp³-hybridized carbons (Fsp3) is 0.800. The van der Waals surface area contributed by atoms with Crippen LogP contribution in [0.3, 0.4) is 0 Å². The van der Waals surface area contributed by atoms with Crippen LogP contribution in [0.4, 0.5) is 4.79 Å². The highest BCUT2D eigenvalue weighted by Crippen LogP contribution is 1.99. The number of carbonyl (C=O) groups excluding carboxylic acids is 1. The van der Waals surface area contributed by atoms with Crippen LogP contribution >= 0.6 is 0 Å². The Morgan fingerprint density at radius 3 is 2.77 bits per heavy atom. The van der Waals surface area contributed by atoms with Crippen molar-refractivity contribution in [3.05, 3.63) is 0 Å². The van der Waals surface area contributed by atoms with Gasteiger partial charge in [0.2, 0.25) is 0 Å². The Morgan fingerprint density at radius 1 is 1.62 bits per heavy atom. The first kappa shape index (κ1) is 10.2. The quantitative estimate of drug-likeness (QED) is 0.575. The van der Waals surface area contributed by atoms with Crippen LogP contribution in [0.2, 0.25) is 0 Å². The second-order valence-corrected chi connectivity index (χ2v) is 4.10. The van der Waals surface area contributed by atoms with Gasteiger partial charge in [0.1, 0.15) is 0 Å². The number of ether oxygens (including phenoxy) is 1. The van der Waals surface area contributed by atoms with Gasteiger partial charge in [-0.1, -0.05) is 0 Å². The molecule has 1 heterocycles. The maximum absolute atomic E-state index is 11.3. The zero-order valence-corrected chi connectivity index (χ0v) is 7.93. The van der Waals surface area contributed by atoms with E-state index in [1.807, 2.05) is 0 Å². The molecule has 0 unspecified atom stereocenters. The lowest BCUT2D eigenvalue weighted by Crippen LogP contribution is -2.42. The fourth-order valence-electron chi connectivity index (χ4n) is 0.903. The van der Waals surface area contributed by atoms with Crippen molar-refractivity contribution in [1.82, 2.24) is 14.3 Å². The van der Waals surface area contributed by atoms with Crippen molar-refractivity contribution < 1.29 is 17.9 Å². The molecule has 1 aliphatic rings. The first-order valence-electron chi connectivity index (χ1n) is 3.63. The molecule has 0 aromatic heterocycles. The van der Waals surface area contributed by atoms with Gasteiger partial charge in [-0.15, -0.1) is 0 Å². The minimum Gasteiger partial charge on any atom is -0.452 e. The first-order chi connectivity index (χ1) is 6.06. The number of amides is 1. The number of nitrogens with zero attached hydrogens (tertiary/aromatic N) is 1. The fourth-order valence-corrected chi connectivity index (χ4v) is 1.92. The first-order valence-corrected chi connectivity index (χ1v) is 5.07. The Kier molecular flexibility index (Phi) is 3.07. The summed E-state index contributed by atoms with van der Waals surface area (Å²) < 4.78 is 29.6. The Morgan fingerprint density at radius 2 is 2.31 bits per heavy atom. The normalized spacial score (nSPS) is 18.5. The molecule has 1 amide bonds. The van der Waals surface area contributed by atoms with Gasteiger partial charge in [0, 0.05) is 13.1 Å². The number of nitrogens with one attached hydrogen (secondary N) is 2. The van der Waals surface area contributed by atoms with E-state index in [0.717, 1.165) is 11.4 Å². The molecule has 2 N–H and O–H groups in total. The molecule has 13 heavy (non-hydrogen) atoms. The monoisotopic (exact) mass is 209 g/mol. The summed E-state index contributed by atoms with van der Waals surface area (Å²) >= 11 is 0. The van der Waals surface area contributed by atoms with E-state index in [1.54, 1.807) is 4.72 Å². The molecule has 1 saturated heterocycles. The molecule has 1 fully saturated rings. The molecule has 0 atom stereocenters. The topological polar surface area (TPSA) is 87.7 Å². The van der Waals surface area contributed by atoms with Crippen LogP contribution in [0.1, 0.15) is 0 Å². The van der Waals surface area contributed by atoms with Crippen LogP contribution < -0.4 is 10.0 Å². The minimum absolute atomic E-state index is 0.215. The van der Waals surface area contributed by atoms with E-state index in [0.29, 0.717) is 13.1 Å². The maximum atomic E-state index is 11.3. The maximum Gasteiger partial charge on any atom is 0.421 e. The molecule has 0 aliphatic carbocycles. The van der Waals surface area contributed by atoms with Crippen LogP contribution in [0.25, 0.3) is 0 Å². The smallest absolute Gasteiger partial charge is 0.421 e. The van der Waals surface area contributed by atoms with E-state index in [9.17, 15) is 13.2 Å². The highest BCUT2D eigenvalue weighted by molar-refractivity contribution is 7.87. The number of methoxy groups -OCH3 is 1. The molecule has 7 nitrogen and oxygen atoms in total. The highest BCUT2D eigenvalue weighted by Gasteiger charge is 2.26. The van der Waals surface area contributed by atoms with Crippen molar-refractivity contribution in [3.8, 4) is 0 Å². The summed E-state index contributed by atoms with van der Waals surface area (Å²) in [4.78, 5) is 10.6. The summed E-state index contributed by atoms with van der Waals surface area (Å²) in [6.07, 6.45) is -0.980. The van der Waals surface area contributed by atoms with Gasteiger partial charge in [-0.3, -0.25) is 0 Å². The van der Waals surface area contributed by atoms with E-state index in [2.05, 4.69) is 10.1 Å². The van der Waals surface area contributed by atoms with Crippen molar-refractivity contribution in [2.24, 2.45) is 0 Å². The zero-order valence-electron chi connectivity index (χ0n) is 7.11. The molecule has 0 spiro atoms. The summed E-state index contributed by atoms with van der Waals surface area (Å²) in [5.41, 5.74) is 0. The van der Waals surface area contributed by atoms with Crippen LogP contribution in [0, 0.1) is 0 Å². The van der Waals surface area contributed by atoms with Crippen LogP contribution in [0.5, 0.6) is 0 Å². The molecule has 0 aromatic carbocycles. The van der Waals surface area contributed by atoms with E-state index in [4.69, 9.17) is 0 Å². The molecular formula is C5H11N3O4S. The second kappa shape index (κ2) is 3.90. The third-order valence-electron chi connectivity index (χ3n) is 1.56. The van der Waals surface area contributed by atoms with Gasteiger partial charge >= 0.3 is 16.3 Å². The molecule has 1 aliphatic heterocycles. The molecule has 0 aromatic rings. The molecule has 1 rings (SSSR count). The van der Waals surface area contributed by atoms with E-state index in [-0.39, 0.29) is 6.67 Å². The van der Waals surface area contributed by atoms with Gasteiger partial charge in [-0.2, -0.15) is 12.7 Å². The summed E-state index contributed by atoms with van der Waals surface area (Å²) in [7, 11) is -2.62. The number of hydrogen-bond acceptors (Lipinski definition) is 5. The average molecular weight is 209 g/mol. The predicted octanol–water partition coefficient (Wildman–Crippen LogP) is -1.55. The number of carbonyl (C=O) groups is 1. The van der Waals surface area contributed by atoms with E-state index < -0.39 is 16.3 Å². The van der Waals surface area contributed by atoms with Crippen molar-refractivity contribution in [2.75, 3.05) is 26.9 Å². The van der Waals surface area contributed by atoms with Crippen molar-refractivity contribution >= 4 is 16.3 Å². The third-order valence-corrected chi connectivity index (χ3v) is 2.98. The Balaban J connectivity index is 2.60. The Labute approximate surface area is 76.2 Å². The van der Waals surface area contributed by atoms with E-state index in [1.165, 1.54) is 0 Å². The van der Waals surface area contributed by atoms with Gasteiger partial charge in [-0.25, -0.2) is 9.52 Å². The zero-order chi connectivity index (χ0) is 9.90. The van der Waals surface area contributed by atoms with Gasteiger partial charge < -0.3 is 10.1 Å². The molecule has 0 saturated carbocycles. The Bertz CT molecular complexity index is 282. The number of hydrogen-bond donors (Lipinski definition) is 2. The average Bonchev–Trinajstić information content (AvgIpc) is 2.55. The van der Waals surface area contributed by atoms with Gasteiger partial charge in [0.25, 0.3) is 0 Å². The molecule has 0 bridgehead atoms. The van der Waals surface area contributed by atoms with Crippen LogP contribution in [-0.2, 0) is 14.9 Å². The second-order valence-electron chi connectivity index (χ2n) is 2.43. The predicted molar refractivity (Wildman–Crippen MR) is 44.0 cm³/mol. The molecular weight excluding hydrogens is 198 g/mol. The summed E-state index contributed by atoms with van der Waals surface area (Å²) in [5.74, 6) is 0. The van der Waals surface area contributed by atoms with Crippen molar-refractivity contribution in [1.29, 1.82) is 0 Å². The van der Waals surface area contributed by atoms with Gasteiger partial charge in [-0.05, 0) is 0 Å². The molecule has 8 heteroatoms. The largest absolute Gasteiger partial charge is 0.452 e. The van der Waals surface area contributed by atoms with Crippen LogP contribution in [-0.4, -0.2) is 45.7 Å². The van der Waals surface area contributed by atoms with Crippen molar-refractivity contribution in [3.63, 3.8) is 0 Å².